The molecule has 0 aliphatic rings. The summed E-state index contributed by atoms with van der Waals surface area (Å²) < 4.78 is 1.73. The molecule has 0 atom stereocenters. The third kappa shape index (κ3) is 4.43. The van der Waals surface area contributed by atoms with Crippen LogP contribution in [-0.2, 0) is 6.54 Å². The van der Waals surface area contributed by atoms with Gasteiger partial charge >= 0.3 is 0 Å². The van der Waals surface area contributed by atoms with Gasteiger partial charge in [0.15, 0.2) is 11.6 Å². The average Bonchev–Trinajstić information content (AvgIpc) is 3.46. The Morgan fingerprint density at radius 3 is 2.51 bits per heavy atom. The number of ketones is 1. The Labute approximate surface area is 210 Å². The summed E-state index contributed by atoms with van der Waals surface area (Å²) in [5.74, 6) is 0.448. The van der Waals surface area contributed by atoms with Crippen LogP contribution in [0.2, 0.25) is 10.0 Å². The van der Waals surface area contributed by atoms with Gasteiger partial charge in [-0.3, -0.25) is 14.2 Å². The summed E-state index contributed by atoms with van der Waals surface area (Å²) in [4.78, 5) is 29.3. The second kappa shape index (κ2) is 9.37. The van der Waals surface area contributed by atoms with Gasteiger partial charge in [0, 0.05) is 27.1 Å². The van der Waals surface area contributed by atoms with E-state index in [0.29, 0.717) is 44.2 Å². The monoisotopic (exact) mass is 503 g/mol. The fourth-order valence-corrected chi connectivity index (χ4v) is 4.35. The Morgan fingerprint density at radius 2 is 1.71 bits per heavy atom. The molecule has 0 fully saturated rings. The van der Waals surface area contributed by atoms with Crippen molar-refractivity contribution in [3.63, 3.8) is 0 Å². The molecule has 5 rings (SSSR count). The van der Waals surface area contributed by atoms with Crippen molar-refractivity contribution in [1.82, 2.24) is 25.1 Å². The van der Waals surface area contributed by atoms with Gasteiger partial charge in [0.05, 0.1) is 17.3 Å². The molecule has 0 aliphatic carbocycles. The Balaban J connectivity index is 1.47. The van der Waals surface area contributed by atoms with E-state index in [1.54, 1.807) is 60.0 Å². The molecule has 174 valence electrons. The second-order valence-electron chi connectivity index (χ2n) is 7.92. The van der Waals surface area contributed by atoms with Crippen molar-refractivity contribution in [3.05, 3.63) is 111 Å². The molecule has 0 saturated heterocycles. The number of amides is 1. The van der Waals surface area contributed by atoms with Crippen LogP contribution in [0.15, 0.2) is 72.8 Å². The van der Waals surface area contributed by atoms with Crippen molar-refractivity contribution in [2.24, 2.45) is 0 Å². The number of fused-ring (bicyclic) bond motifs is 1. The number of nitrogens with one attached hydrogen (secondary N) is 2. The molecule has 0 bridgehead atoms. The molecule has 35 heavy (non-hydrogen) atoms. The highest BCUT2D eigenvalue weighted by molar-refractivity contribution is 6.35. The summed E-state index contributed by atoms with van der Waals surface area (Å²) >= 11 is 12.5. The van der Waals surface area contributed by atoms with Crippen molar-refractivity contribution in [2.75, 3.05) is 0 Å². The van der Waals surface area contributed by atoms with E-state index < -0.39 is 0 Å². The van der Waals surface area contributed by atoms with Crippen LogP contribution in [0, 0.1) is 6.92 Å². The molecule has 2 N–H and O–H groups in total. The van der Waals surface area contributed by atoms with E-state index in [0.717, 1.165) is 10.9 Å². The van der Waals surface area contributed by atoms with E-state index in [1.165, 1.54) is 0 Å². The number of hydrogen-bond acceptors (Lipinski definition) is 4. The third-order valence-electron chi connectivity index (χ3n) is 5.64. The number of carbonyl (C=O) groups is 2. The molecule has 0 spiro atoms. The number of aryl methyl sites for hydroxylation is 1. The van der Waals surface area contributed by atoms with Crippen LogP contribution >= 0.6 is 23.2 Å². The first-order valence-corrected chi connectivity index (χ1v) is 11.5. The number of aromatic nitrogens is 4. The number of rotatable bonds is 6. The van der Waals surface area contributed by atoms with Gasteiger partial charge in [0.25, 0.3) is 5.91 Å². The minimum absolute atomic E-state index is 0.0946. The Hall–Kier alpha value is -3.94. The van der Waals surface area contributed by atoms with Crippen LogP contribution in [0.1, 0.15) is 38.1 Å². The molecule has 1 amide bonds. The fourth-order valence-electron chi connectivity index (χ4n) is 3.96. The average molecular weight is 504 g/mol. The van der Waals surface area contributed by atoms with Crippen molar-refractivity contribution in [2.45, 2.75) is 13.5 Å². The number of para-hydroxylation sites is 1. The van der Waals surface area contributed by atoms with Crippen molar-refractivity contribution >= 4 is 45.8 Å². The predicted molar refractivity (Wildman–Crippen MR) is 135 cm³/mol. The number of hydrogen-bond donors (Lipinski definition) is 2. The summed E-state index contributed by atoms with van der Waals surface area (Å²) in [6, 6.07) is 21.3. The maximum absolute atomic E-state index is 13.4. The van der Waals surface area contributed by atoms with Crippen molar-refractivity contribution < 1.29 is 9.59 Å². The van der Waals surface area contributed by atoms with Gasteiger partial charge in [-0.15, -0.1) is 10.2 Å². The molecule has 3 aromatic carbocycles. The quantitative estimate of drug-likeness (QED) is 0.298. The molecule has 7 nitrogen and oxygen atoms in total. The van der Waals surface area contributed by atoms with Gasteiger partial charge in [0.1, 0.15) is 11.5 Å². The van der Waals surface area contributed by atoms with Crippen LogP contribution < -0.4 is 5.32 Å². The first kappa shape index (κ1) is 22.8. The predicted octanol–water partition coefficient (Wildman–Crippen LogP) is 5.52. The zero-order chi connectivity index (χ0) is 24.5. The number of aromatic amines is 1. The van der Waals surface area contributed by atoms with Crippen LogP contribution in [0.5, 0.6) is 0 Å². The number of carbonyl (C=O) groups excluding carboxylic acids is 2. The van der Waals surface area contributed by atoms with E-state index in [4.69, 9.17) is 23.2 Å². The molecule has 0 radical (unpaired) electrons. The summed E-state index contributed by atoms with van der Waals surface area (Å²) in [6.45, 7) is 1.87. The zero-order valence-corrected chi connectivity index (χ0v) is 20.1. The lowest BCUT2D eigenvalue weighted by molar-refractivity contribution is 0.0944. The largest absolute Gasteiger partial charge is 0.351 e. The molecule has 5 aromatic rings. The van der Waals surface area contributed by atoms with E-state index in [2.05, 4.69) is 20.5 Å². The Morgan fingerprint density at radius 1 is 0.943 bits per heavy atom. The van der Waals surface area contributed by atoms with Gasteiger partial charge in [-0.1, -0.05) is 53.5 Å². The minimum Gasteiger partial charge on any atom is -0.351 e. The van der Waals surface area contributed by atoms with E-state index in [9.17, 15) is 9.59 Å². The van der Waals surface area contributed by atoms with Crippen molar-refractivity contribution in [3.8, 4) is 5.69 Å². The molecule has 2 heterocycles. The van der Waals surface area contributed by atoms with Crippen LogP contribution in [0.4, 0.5) is 0 Å². The number of nitrogens with zero attached hydrogens (tertiary/aromatic N) is 3. The van der Waals surface area contributed by atoms with E-state index >= 15 is 0 Å². The third-order valence-corrected chi connectivity index (χ3v) is 6.20. The highest BCUT2D eigenvalue weighted by Gasteiger charge is 2.22. The molecule has 2 aromatic heterocycles. The number of benzene rings is 3. The highest BCUT2D eigenvalue weighted by Crippen LogP contribution is 2.27. The minimum atomic E-state index is -0.283. The zero-order valence-electron chi connectivity index (χ0n) is 18.5. The van der Waals surface area contributed by atoms with Crippen LogP contribution in [0.25, 0.3) is 16.6 Å². The van der Waals surface area contributed by atoms with Gasteiger partial charge in [-0.05, 0) is 49.4 Å². The first-order chi connectivity index (χ1) is 16.9. The van der Waals surface area contributed by atoms with E-state index in [-0.39, 0.29) is 18.2 Å². The molecule has 0 unspecified atom stereocenters. The number of H-pyrrole nitrogens is 1. The van der Waals surface area contributed by atoms with Crippen molar-refractivity contribution in [1.29, 1.82) is 0 Å². The van der Waals surface area contributed by atoms with E-state index in [1.807, 2.05) is 24.3 Å². The Bertz CT molecular complexity index is 1550. The summed E-state index contributed by atoms with van der Waals surface area (Å²) in [5.41, 5.74) is 2.56. The maximum atomic E-state index is 13.4. The lowest BCUT2D eigenvalue weighted by Crippen LogP contribution is -2.25. The Kier molecular flexibility index (Phi) is 6.11. The summed E-state index contributed by atoms with van der Waals surface area (Å²) in [6.07, 6.45) is 0. The standard InChI is InChI=1S/C26H19Cl2N5O2/c1-15-31-32-24(14-29-26(35)22-12-16-6-2-5-9-21(16)30-22)33(15)23-11-10-17(27)13-19(23)25(34)18-7-3-4-8-20(18)28/h2-13,30H,14H2,1H3,(H,29,35). The first-order valence-electron chi connectivity index (χ1n) is 10.8. The number of halogens is 2. The lowest BCUT2D eigenvalue weighted by atomic mass is 10.0. The molecular weight excluding hydrogens is 485 g/mol. The van der Waals surface area contributed by atoms with Gasteiger partial charge in [-0.25, -0.2) is 0 Å². The summed E-state index contributed by atoms with van der Waals surface area (Å²) in [5, 5.41) is 13.0. The fraction of sp³-hybridized carbons (Fsp3) is 0.0769. The lowest BCUT2D eigenvalue weighted by Gasteiger charge is -2.14. The van der Waals surface area contributed by atoms with Crippen LogP contribution in [0.3, 0.4) is 0 Å². The van der Waals surface area contributed by atoms with Gasteiger partial charge < -0.3 is 10.3 Å². The molecular formula is C26H19Cl2N5O2. The van der Waals surface area contributed by atoms with Crippen LogP contribution in [-0.4, -0.2) is 31.4 Å². The second-order valence-corrected chi connectivity index (χ2v) is 8.77. The maximum Gasteiger partial charge on any atom is 0.268 e. The summed E-state index contributed by atoms with van der Waals surface area (Å²) in [7, 11) is 0. The SMILES string of the molecule is Cc1nnc(CNC(=O)c2cc3ccccc3[nH]2)n1-c1ccc(Cl)cc1C(=O)c1ccccc1Cl. The smallest absolute Gasteiger partial charge is 0.268 e. The molecule has 9 heteroatoms. The van der Waals surface area contributed by atoms with Gasteiger partial charge in [0.2, 0.25) is 0 Å². The van der Waals surface area contributed by atoms with Gasteiger partial charge in [-0.2, -0.15) is 0 Å². The molecule has 0 saturated carbocycles. The highest BCUT2D eigenvalue weighted by atomic mass is 35.5. The normalized spacial score (nSPS) is 11.1. The topological polar surface area (TPSA) is 92.7 Å². The molecule has 0 aliphatic heterocycles.